The molecule has 0 spiro atoms. The van der Waals surface area contributed by atoms with Crippen molar-refractivity contribution in [3.05, 3.63) is 41.3 Å². The summed E-state index contributed by atoms with van der Waals surface area (Å²) in [6, 6.07) is 5.91. The fraction of sp³-hybridized carbons (Fsp3) is 0.286. The van der Waals surface area contributed by atoms with E-state index in [1.807, 2.05) is 18.2 Å². The van der Waals surface area contributed by atoms with Crippen molar-refractivity contribution in [2.45, 2.75) is 19.8 Å². The average molecular weight is 257 g/mol. The van der Waals surface area contributed by atoms with Gasteiger partial charge >= 0.3 is 0 Å². The molecule has 3 rings (SSSR count). The molecule has 1 aliphatic rings. The minimum absolute atomic E-state index is 0.255. The van der Waals surface area contributed by atoms with Crippen molar-refractivity contribution in [1.29, 1.82) is 0 Å². The summed E-state index contributed by atoms with van der Waals surface area (Å²) in [6.07, 6.45) is 3.76. The molecule has 2 aromatic rings. The fourth-order valence-electron chi connectivity index (χ4n) is 2.24. The van der Waals surface area contributed by atoms with Gasteiger partial charge in [0.05, 0.1) is 6.20 Å². The number of carbonyl (C=O) groups is 1. The Morgan fingerprint density at radius 3 is 3.16 bits per heavy atom. The van der Waals surface area contributed by atoms with Gasteiger partial charge in [-0.2, -0.15) is 0 Å². The molecule has 1 amide bonds. The maximum Gasteiger partial charge on any atom is 0.294 e. The van der Waals surface area contributed by atoms with Crippen LogP contribution in [-0.2, 0) is 6.42 Å². The molecule has 1 aromatic heterocycles. The molecule has 0 fully saturated rings. The largest absolute Gasteiger partial charge is 0.385 e. The Morgan fingerprint density at radius 1 is 1.47 bits per heavy atom. The lowest BCUT2D eigenvalue weighted by Crippen LogP contribution is -2.15. The van der Waals surface area contributed by atoms with Crippen molar-refractivity contribution in [1.82, 2.24) is 5.16 Å². The minimum Gasteiger partial charge on any atom is -0.385 e. The fourth-order valence-corrected chi connectivity index (χ4v) is 2.24. The summed E-state index contributed by atoms with van der Waals surface area (Å²) in [5.41, 5.74) is 3.88. The first-order chi connectivity index (χ1) is 9.24. The molecule has 0 unspecified atom stereocenters. The second kappa shape index (κ2) is 4.76. The molecule has 0 bridgehead atoms. The average Bonchev–Trinajstić information content (AvgIpc) is 2.85. The van der Waals surface area contributed by atoms with Crippen molar-refractivity contribution in [3.63, 3.8) is 0 Å². The SMILES string of the molecule is Cc1cnoc1C(=O)Nc1ccc2c(c1)NCCC2. The quantitative estimate of drug-likeness (QED) is 0.867. The molecular formula is C14H15N3O2. The number of carbonyl (C=O) groups excluding carboxylic acids is 1. The number of benzene rings is 1. The topological polar surface area (TPSA) is 67.2 Å². The zero-order valence-corrected chi connectivity index (χ0v) is 10.7. The van der Waals surface area contributed by atoms with E-state index in [4.69, 9.17) is 4.52 Å². The summed E-state index contributed by atoms with van der Waals surface area (Å²) in [5, 5.41) is 9.76. The van der Waals surface area contributed by atoms with Gasteiger partial charge in [0.1, 0.15) is 0 Å². The summed E-state index contributed by atoms with van der Waals surface area (Å²) in [5.74, 6) is -0.0172. The van der Waals surface area contributed by atoms with E-state index < -0.39 is 0 Å². The van der Waals surface area contributed by atoms with Crippen LogP contribution in [0.5, 0.6) is 0 Å². The van der Waals surface area contributed by atoms with Crippen LogP contribution in [0.4, 0.5) is 11.4 Å². The summed E-state index contributed by atoms with van der Waals surface area (Å²) >= 11 is 0. The second-order valence-corrected chi connectivity index (χ2v) is 4.69. The Balaban J connectivity index is 1.80. The third kappa shape index (κ3) is 2.31. The van der Waals surface area contributed by atoms with E-state index in [0.29, 0.717) is 0 Å². The van der Waals surface area contributed by atoms with Crippen LogP contribution in [0.15, 0.2) is 28.9 Å². The Hall–Kier alpha value is -2.30. The smallest absolute Gasteiger partial charge is 0.294 e. The van der Waals surface area contributed by atoms with Gasteiger partial charge in [0.2, 0.25) is 5.76 Å². The zero-order chi connectivity index (χ0) is 13.2. The summed E-state index contributed by atoms with van der Waals surface area (Å²) < 4.78 is 4.93. The number of fused-ring (bicyclic) bond motifs is 1. The van der Waals surface area contributed by atoms with E-state index in [2.05, 4.69) is 15.8 Å². The van der Waals surface area contributed by atoms with Crippen LogP contribution < -0.4 is 10.6 Å². The van der Waals surface area contributed by atoms with Crippen LogP contribution in [0, 0.1) is 6.92 Å². The van der Waals surface area contributed by atoms with Crippen molar-refractivity contribution in [2.75, 3.05) is 17.2 Å². The molecule has 1 aromatic carbocycles. The number of amides is 1. The van der Waals surface area contributed by atoms with Crippen LogP contribution in [-0.4, -0.2) is 17.6 Å². The molecule has 2 heterocycles. The minimum atomic E-state index is -0.272. The Labute approximate surface area is 111 Å². The van der Waals surface area contributed by atoms with Crippen LogP contribution in [0.1, 0.15) is 28.1 Å². The van der Waals surface area contributed by atoms with E-state index in [-0.39, 0.29) is 11.7 Å². The second-order valence-electron chi connectivity index (χ2n) is 4.69. The molecule has 5 nitrogen and oxygen atoms in total. The molecule has 98 valence electrons. The molecule has 2 N–H and O–H groups in total. The highest BCUT2D eigenvalue weighted by atomic mass is 16.5. The van der Waals surface area contributed by atoms with Gasteiger partial charge in [0, 0.05) is 23.5 Å². The van der Waals surface area contributed by atoms with Gasteiger partial charge < -0.3 is 15.2 Å². The van der Waals surface area contributed by atoms with Crippen LogP contribution >= 0.6 is 0 Å². The Bertz CT molecular complexity index is 619. The van der Waals surface area contributed by atoms with Crippen molar-refractivity contribution in [2.24, 2.45) is 0 Å². The van der Waals surface area contributed by atoms with E-state index in [1.54, 1.807) is 6.92 Å². The standard InChI is InChI=1S/C14H15N3O2/c1-9-8-16-19-13(9)14(18)17-11-5-4-10-3-2-6-15-12(10)7-11/h4-5,7-8,15H,2-3,6H2,1H3,(H,17,18). The van der Waals surface area contributed by atoms with E-state index >= 15 is 0 Å². The lowest BCUT2D eigenvalue weighted by molar-refractivity contribution is 0.0987. The predicted octanol–water partition coefficient (Wildman–Crippen LogP) is 2.59. The molecule has 0 atom stereocenters. The van der Waals surface area contributed by atoms with Crippen LogP contribution in [0.25, 0.3) is 0 Å². The first kappa shape index (κ1) is 11.8. The normalized spacial score (nSPS) is 13.5. The summed E-state index contributed by atoms with van der Waals surface area (Å²) in [6.45, 7) is 2.77. The highest BCUT2D eigenvalue weighted by Gasteiger charge is 2.15. The molecular weight excluding hydrogens is 242 g/mol. The van der Waals surface area contributed by atoms with Crippen LogP contribution in [0.2, 0.25) is 0 Å². The van der Waals surface area contributed by atoms with Gasteiger partial charge in [0.25, 0.3) is 5.91 Å². The molecule has 19 heavy (non-hydrogen) atoms. The van der Waals surface area contributed by atoms with Crippen molar-refractivity contribution in [3.8, 4) is 0 Å². The van der Waals surface area contributed by atoms with Gasteiger partial charge in [-0.1, -0.05) is 11.2 Å². The number of anilines is 2. The Kier molecular flexibility index (Phi) is 2.95. The molecule has 0 aliphatic carbocycles. The van der Waals surface area contributed by atoms with E-state index in [1.165, 1.54) is 11.8 Å². The van der Waals surface area contributed by atoms with Crippen molar-refractivity contribution >= 4 is 17.3 Å². The number of hydrogen-bond donors (Lipinski definition) is 2. The summed E-state index contributed by atoms with van der Waals surface area (Å²) in [7, 11) is 0. The number of hydrogen-bond acceptors (Lipinski definition) is 4. The highest BCUT2D eigenvalue weighted by Crippen LogP contribution is 2.25. The highest BCUT2D eigenvalue weighted by molar-refractivity contribution is 6.03. The van der Waals surface area contributed by atoms with Crippen molar-refractivity contribution < 1.29 is 9.32 Å². The lowest BCUT2D eigenvalue weighted by Gasteiger charge is -2.18. The first-order valence-corrected chi connectivity index (χ1v) is 6.33. The molecule has 0 saturated carbocycles. The third-order valence-electron chi connectivity index (χ3n) is 3.26. The van der Waals surface area contributed by atoms with E-state index in [9.17, 15) is 4.79 Å². The predicted molar refractivity (Wildman–Crippen MR) is 72.4 cm³/mol. The number of rotatable bonds is 2. The first-order valence-electron chi connectivity index (χ1n) is 6.33. The van der Waals surface area contributed by atoms with Gasteiger partial charge in [-0.3, -0.25) is 4.79 Å². The monoisotopic (exact) mass is 257 g/mol. The van der Waals surface area contributed by atoms with Gasteiger partial charge in [-0.25, -0.2) is 0 Å². The molecule has 5 heteroatoms. The number of aryl methyl sites for hydroxylation is 2. The number of nitrogens with zero attached hydrogens (tertiary/aromatic N) is 1. The number of aromatic nitrogens is 1. The number of nitrogens with one attached hydrogen (secondary N) is 2. The zero-order valence-electron chi connectivity index (χ0n) is 10.7. The van der Waals surface area contributed by atoms with Gasteiger partial charge in [0.15, 0.2) is 0 Å². The molecule has 0 saturated heterocycles. The maximum atomic E-state index is 12.0. The van der Waals surface area contributed by atoms with Crippen LogP contribution in [0.3, 0.4) is 0 Å². The van der Waals surface area contributed by atoms with Gasteiger partial charge in [-0.15, -0.1) is 0 Å². The maximum absolute atomic E-state index is 12.0. The molecule has 1 aliphatic heterocycles. The summed E-state index contributed by atoms with van der Waals surface area (Å²) in [4.78, 5) is 12.0. The third-order valence-corrected chi connectivity index (χ3v) is 3.26. The van der Waals surface area contributed by atoms with Gasteiger partial charge in [-0.05, 0) is 37.5 Å². The van der Waals surface area contributed by atoms with E-state index in [0.717, 1.165) is 36.3 Å². The molecule has 0 radical (unpaired) electrons. The lowest BCUT2D eigenvalue weighted by atomic mass is 10.0. The Morgan fingerprint density at radius 2 is 2.37 bits per heavy atom.